The molecule has 0 radical (unpaired) electrons. The third kappa shape index (κ3) is 3.19. The van der Waals surface area contributed by atoms with Crippen molar-refractivity contribution in [3.63, 3.8) is 0 Å². The lowest BCUT2D eigenvalue weighted by Crippen LogP contribution is -2.26. The molecular weight excluding hydrogens is 268 g/mol. The van der Waals surface area contributed by atoms with Crippen molar-refractivity contribution in [1.29, 1.82) is 0 Å². The van der Waals surface area contributed by atoms with Crippen molar-refractivity contribution in [3.8, 4) is 0 Å². The molecule has 8 nitrogen and oxygen atoms in total. The van der Waals surface area contributed by atoms with E-state index in [0.717, 1.165) is 5.56 Å². The molecule has 2 rings (SSSR count). The van der Waals surface area contributed by atoms with Gasteiger partial charge >= 0.3 is 0 Å². The van der Waals surface area contributed by atoms with Gasteiger partial charge in [0.25, 0.3) is 0 Å². The number of nitrogens with one attached hydrogen (secondary N) is 2. The second kappa shape index (κ2) is 5.51. The quantitative estimate of drug-likeness (QED) is 0.667. The number of nitrogens with two attached hydrogens (primary N) is 1. The minimum absolute atomic E-state index is 0.122. The standard InChI is InChI=1S/C10H16N6O2S/c1-8(9-4-12-13-5-9)15-19(17,18)10-6-14-16(7-10)3-2-11/h4-8,15H,2-3,11H2,1H3,(H,12,13). The van der Waals surface area contributed by atoms with Crippen LogP contribution in [0.3, 0.4) is 0 Å². The van der Waals surface area contributed by atoms with Crippen molar-refractivity contribution in [1.82, 2.24) is 24.7 Å². The van der Waals surface area contributed by atoms with Gasteiger partial charge in [-0.25, -0.2) is 13.1 Å². The van der Waals surface area contributed by atoms with Crippen molar-refractivity contribution in [3.05, 3.63) is 30.4 Å². The molecule has 0 aliphatic rings. The summed E-state index contributed by atoms with van der Waals surface area (Å²) in [5, 5.41) is 10.4. The highest BCUT2D eigenvalue weighted by atomic mass is 32.2. The van der Waals surface area contributed by atoms with Crippen molar-refractivity contribution >= 4 is 10.0 Å². The maximum atomic E-state index is 12.1. The summed E-state index contributed by atoms with van der Waals surface area (Å²) in [5.41, 5.74) is 6.15. The monoisotopic (exact) mass is 284 g/mol. The molecular formula is C10H16N6O2S. The van der Waals surface area contributed by atoms with Gasteiger partial charge in [0.15, 0.2) is 0 Å². The number of hydrogen-bond donors (Lipinski definition) is 3. The molecule has 0 saturated carbocycles. The van der Waals surface area contributed by atoms with E-state index in [0.29, 0.717) is 13.1 Å². The van der Waals surface area contributed by atoms with Gasteiger partial charge in [-0.3, -0.25) is 9.78 Å². The van der Waals surface area contributed by atoms with E-state index in [1.165, 1.54) is 17.1 Å². The van der Waals surface area contributed by atoms with Gasteiger partial charge in [0.05, 0.1) is 18.9 Å². The maximum absolute atomic E-state index is 12.1. The lowest BCUT2D eigenvalue weighted by molar-refractivity contribution is 0.566. The van der Waals surface area contributed by atoms with Crippen LogP contribution in [-0.2, 0) is 16.6 Å². The van der Waals surface area contributed by atoms with Crippen LogP contribution in [0, 0.1) is 0 Å². The highest BCUT2D eigenvalue weighted by Gasteiger charge is 2.20. The van der Waals surface area contributed by atoms with Crippen LogP contribution >= 0.6 is 0 Å². The Morgan fingerprint density at radius 3 is 2.95 bits per heavy atom. The third-order valence-electron chi connectivity index (χ3n) is 2.63. The lowest BCUT2D eigenvalue weighted by atomic mass is 10.2. The fraction of sp³-hybridized carbons (Fsp3) is 0.400. The first-order valence-electron chi connectivity index (χ1n) is 5.76. The predicted octanol–water partition coefficient (Wildman–Crippen LogP) is -0.396. The Morgan fingerprint density at radius 2 is 2.32 bits per heavy atom. The Kier molecular flexibility index (Phi) is 3.98. The zero-order chi connectivity index (χ0) is 13.9. The molecule has 1 unspecified atom stereocenters. The molecule has 0 saturated heterocycles. The van der Waals surface area contributed by atoms with E-state index in [1.807, 2.05) is 0 Å². The predicted molar refractivity (Wildman–Crippen MR) is 68.6 cm³/mol. The fourth-order valence-electron chi connectivity index (χ4n) is 1.60. The summed E-state index contributed by atoms with van der Waals surface area (Å²) in [5.74, 6) is 0. The molecule has 2 heterocycles. The van der Waals surface area contributed by atoms with E-state index >= 15 is 0 Å². The normalized spacial score (nSPS) is 13.6. The summed E-state index contributed by atoms with van der Waals surface area (Å²) < 4.78 is 28.3. The number of aromatic amines is 1. The van der Waals surface area contributed by atoms with Crippen LogP contribution in [-0.4, -0.2) is 34.9 Å². The van der Waals surface area contributed by atoms with E-state index in [-0.39, 0.29) is 10.9 Å². The zero-order valence-electron chi connectivity index (χ0n) is 10.4. The van der Waals surface area contributed by atoms with Gasteiger partial charge in [-0.2, -0.15) is 10.2 Å². The van der Waals surface area contributed by atoms with Crippen LogP contribution in [0.15, 0.2) is 29.7 Å². The molecule has 0 aliphatic heterocycles. The Morgan fingerprint density at radius 1 is 1.53 bits per heavy atom. The second-order valence-electron chi connectivity index (χ2n) is 4.10. The number of aromatic nitrogens is 4. The molecule has 0 aromatic carbocycles. The molecule has 2 aromatic heterocycles. The molecule has 104 valence electrons. The number of sulfonamides is 1. The average molecular weight is 284 g/mol. The van der Waals surface area contributed by atoms with E-state index in [2.05, 4.69) is 20.0 Å². The first-order valence-corrected chi connectivity index (χ1v) is 7.25. The van der Waals surface area contributed by atoms with Crippen LogP contribution in [0.5, 0.6) is 0 Å². The molecule has 1 atom stereocenters. The number of H-pyrrole nitrogens is 1. The summed E-state index contributed by atoms with van der Waals surface area (Å²) in [6, 6.07) is -0.374. The molecule has 19 heavy (non-hydrogen) atoms. The van der Waals surface area contributed by atoms with Crippen molar-refractivity contribution in [2.45, 2.75) is 24.4 Å². The molecule has 4 N–H and O–H groups in total. The van der Waals surface area contributed by atoms with Gasteiger partial charge in [-0.05, 0) is 6.92 Å². The smallest absolute Gasteiger partial charge is 0.244 e. The van der Waals surface area contributed by atoms with Crippen LogP contribution in [0.4, 0.5) is 0 Å². The lowest BCUT2D eigenvalue weighted by Gasteiger charge is -2.11. The molecule has 2 aromatic rings. The van der Waals surface area contributed by atoms with Crippen molar-refractivity contribution in [2.75, 3.05) is 6.54 Å². The van der Waals surface area contributed by atoms with Crippen LogP contribution < -0.4 is 10.5 Å². The minimum atomic E-state index is -3.60. The van der Waals surface area contributed by atoms with Gasteiger partial charge in [0, 0.05) is 30.5 Å². The first-order chi connectivity index (χ1) is 9.03. The van der Waals surface area contributed by atoms with Gasteiger partial charge < -0.3 is 5.73 Å². The Bertz CT molecular complexity index is 618. The third-order valence-corrected chi connectivity index (χ3v) is 4.12. The molecule has 0 aliphatic carbocycles. The average Bonchev–Trinajstić information content (AvgIpc) is 2.99. The summed E-state index contributed by atoms with van der Waals surface area (Å²) >= 11 is 0. The second-order valence-corrected chi connectivity index (χ2v) is 5.82. The molecule has 9 heteroatoms. The van der Waals surface area contributed by atoms with E-state index in [1.54, 1.807) is 19.3 Å². The fourth-order valence-corrected chi connectivity index (χ4v) is 2.79. The first kappa shape index (κ1) is 13.7. The molecule has 0 fully saturated rings. The Balaban J connectivity index is 2.13. The summed E-state index contributed by atoms with van der Waals surface area (Å²) in [6.45, 7) is 2.62. The highest BCUT2D eigenvalue weighted by molar-refractivity contribution is 7.89. The number of nitrogens with zero attached hydrogens (tertiary/aromatic N) is 3. The Labute approximate surface area is 111 Å². The van der Waals surface area contributed by atoms with Crippen LogP contribution in [0.2, 0.25) is 0 Å². The number of rotatable bonds is 6. The van der Waals surface area contributed by atoms with Gasteiger partial charge in [0.1, 0.15) is 4.90 Å². The minimum Gasteiger partial charge on any atom is -0.329 e. The van der Waals surface area contributed by atoms with Crippen molar-refractivity contribution < 1.29 is 8.42 Å². The summed E-state index contributed by atoms with van der Waals surface area (Å²) in [4.78, 5) is 0.122. The van der Waals surface area contributed by atoms with E-state index in [4.69, 9.17) is 5.73 Å². The van der Waals surface area contributed by atoms with E-state index < -0.39 is 10.0 Å². The highest BCUT2D eigenvalue weighted by Crippen LogP contribution is 2.15. The largest absolute Gasteiger partial charge is 0.329 e. The SMILES string of the molecule is CC(NS(=O)(=O)c1cnn(CCN)c1)c1cn[nH]c1. The molecule has 0 amide bonds. The van der Waals surface area contributed by atoms with Gasteiger partial charge in [-0.15, -0.1) is 0 Å². The topological polar surface area (TPSA) is 119 Å². The van der Waals surface area contributed by atoms with Gasteiger partial charge in [-0.1, -0.05) is 0 Å². The van der Waals surface area contributed by atoms with Crippen LogP contribution in [0.25, 0.3) is 0 Å². The maximum Gasteiger partial charge on any atom is 0.244 e. The summed E-state index contributed by atoms with van der Waals surface area (Å²) in [7, 11) is -3.60. The zero-order valence-corrected chi connectivity index (χ0v) is 11.3. The van der Waals surface area contributed by atoms with Gasteiger partial charge in [0.2, 0.25) is 10.0 Å². The van der Waals surface area contributed by atoms with Crippen LogP contribution in [0.1, 0.15) is 18.5 Å². The molecule has 0 bridgehead atoms. The Hall–Kier alpha value is -1.71. The summed E-state index contributed by atoms with van der Waals surface area (Å²) in [6.07, 6.45) is 5.98. The van der Waals surface area contributed by atoms with Crippen molar-refractivity contribution in [2.24, 2.45) is 5.73 Å². The molecule has 0 spiro atoms. The van der Waals surface area contributed by atoms with E-state index in [9.17, 15) is 8.42 Å². The number of hydrogen-bond acceptors (Lipinski definition) is 5.